The van der Waals surface area contributed by atoms with E-state index in [0.29, 0.717) is 13.0 Å². The third-order valence-electron chi connectivity index (χ3n) is 3.37. The largest absolute Gasteiger partial charge is 0.388 e. The van der Waals surface area contributed by atoms with E-state index in [9.17, 15) is 5.11 Å². The number of benzene rings is 1. The summed E-state index contributed by atoms with van der Waals surface area (Å²) in [6.07, 6.45) is 2.88. The number of pyridine rings is 1. The van der Waals surface area contributed by atoms with Crippen molar-refractivity contribution >= 4 is 0 Å². The molecule has 1 heterocycles. The molecule has 0 radical (unpaired) electrons. The van der Waals surface area contributed by atoms with Gasteiger partial charge in [0.25, 0.3) is 0 Å². The van der Waals surface area contributed by atoms with Crippen molar-refractivity contribution in [1.29, 1.82) is 0 Å². The number of rotatable bonds is 6. The van der Waals surface area contributed by atoms with E-state index in [1.54, 1.807) is 7.11 Å². The number of aryl methyl sites for hydroxylation is 1. The zero-order valence-corrected chi connectivity index (χ0v) is 12.0. The van der Waals surface area contributed by atoms with Gasteiger partial charge in [-0.3, -0.25) is 4.98 Å². The van der Waals surface area contributed by atoms with Crippen molar-refractivity contribution in [2.24, 2.45) is 0 Å². The summed E-state index contributed by atoms with van der Waals surface area (Å²) in [5.41, 5.74) is 4.14. The van der Waals surface area contributed by atoms with Crippen LogP contribution in [0.4, 0.5) is 0 Å². The first-order valence-electron chi connectivity index (χ1n) is 6.92. The Morgan fingerprint density at radius 2 is 1.80 bits per heavy atom. The van der Waals surface area contributed by atoms with Crippen LogP contribution in [0.1, 0.15) is 35.4 Å². The van der Waals surface area contributed by atoms with Crippen LogP contribution in [0, 0.1) is 0 Å². The standard InChI is InChI=1S/C17H21NO2/c1-3-13-6-9-16(18-11-13)10-17(19)15-7-4-14(5-8-15)12-20-2/h4-9,11,17,19H,3,10,12H2,1-2H3. The first-order valence-corrected chi connectivity index (χ1v) is 6.92. The predicted molar refractivity (Wildman–Crippen MR) is 79.4 cm³/mol. The molecule has 2 rings (SSSR count). The van der Waals surface area contributed by atoms with E-state index < -0.39 is 6.10 Å². The summed E-state index contributed by atoms with van der Waals surface area (Å²) in [5.74, 6) is 0. The Hall–Kier alpha value is -1.71. The highest BCUT2D eigenvalue weighted by molar-refractivity contribution is 5.25. The highest BCUT2D eigenvalue weighted by atomic mass is 16.5. The number of hydrogen-bond donors (Lipinski definition) is 1. The Kier molecular flexibility index (Phi) is 5.27. The second kappa shape index (κ2) is 7.17. The maximum Gasteiger partial charge on any atom is 0.0845 e. The fourth-order valence-electron chi connectivity index (χ4n) is 2.10. The Labute approximate surface area is 120 Å². The van der Waals surface area contributed by atoms with Crippen LogP contribution < -0.4 is 0 Å². The molecule has 0 saturated carbocycles. The van der Waals surface area contributed by atoms with Gasteiger partial charge in [-0.1, -0.05) is 37.3 Å². The summed E-state index contributed by atoms with van der Waals surface area (Å²) in [7, 11) is 1.67. The van der Waals surface area contributed by atoms with E-state index in [0.717, 1.165) is 23.2 Å². The molecule has 1 atom stereocenters. The molecule has 20 heavy (non-hydrogen) atoms. The molecule has 1 N–H and O–H groups in total. The molecule has 0 bridgehead atoms. The molecule has 0 aliphatic heterocycles. The van der Waals surface area contributed by atoms with Gasteiger partial charge < -0.3 is 9.84 Å². The Balaban J connectivity index is 2.01. The maximum absolute atomic E-state index is 10.2. The molecule has 0 aliphatic carbocycles. The van der Waals surface area contributed by atoms with Gasteiger partial charge in [-0.15, -0.1) is 0 Å². The Morgan fingerprint density at radius 1 is 1.10 bits per heavy atom. The molecule has 0 fully saturated rings. The third kappa shape index (κ3) is 3.89. The molecule has 0 amide bonds. The minimum atomic E-state index is -0.522. The highest BCUT2D eigenvalue weighted by Gasteiger charge is 2.09. The number of aromatic nitrogens is 1. The van der Waals surface area contributed by atoms with Gasteiger partial charge in [0.2, 0.25) is 0 Å². The topological polar surface area (TPSA) is 42.4 Å². The molecule has 1 aromatic heterocycles. The van der Waals surface area contributed by atoms with Crippen LogP contribution in [-0.2, 0) is 24.2 Å². The van der Waals surface area contributed by atoms with Crippen molar-refractivity contribution in [2.45, 2.75) is 32.5 Å². The summed E-state index contributed by atoms with van der Waals surface area (Å²) < 4.78 is 5.07. The summed E-state index contributed by atoms with van der Waals surface area (Å²) in [4.78, 5) is 4.38. The van der Waals surface area contributed by atoms with E-state index in [4.69, 9.17) is 4.74 Å². The van der Waals surface area contributed by atoms with Crippen molar-refractivity contribution in [1.82, 2.24) is 4.98 Å². The number of hydrogen-bond acceptors (Lipinski definition) is 3. The zero-order chi connectivity index (χ0) is 14.4. The van der Waals surface area contributed by atoms with Gasteiger partial charge in [0.05, 0.1) is 12.7 Å². The van der Waals surface area contributed by atoms with Gasteiger partial charge in [-0.25, -0.2) is 0 Å². The lowest BCUT2D eigenvalue weighted by molar-refractivity contribution is 0.176. The zero-order valence-electron chi connectivity index (χ0n) is 12.0. The minimum Gasteiger partial charge on any atom is -0.388 e. The van der Waals surface area contributed by atoms with Crippen LogP contribution in [0.3, 0.4) is 0 Å². The van der Waals surface area contributed by atoms with Crippen LogP contribution in [0.15, 0.2) is 42.6 Å². The fraction of sp³-hybridized carbons (Fsp3) is 0.353. The number of methoxy groups -OCH3 is 1. The fourth-order valence-corrected chi connectivity index (χ4v) is 2.10. The van der Waals surface area contributed by atoms with Crippen LogP contribution in [0.5, 0.6) is 0 Å². The smallest absolute Gasteiger partial charge is 0.0845 e. The molecule has 2 aromatic rings. The lowest BCUT2D eigenvalue weighted by atomic mass is 10.0. The molecular formula is C17H21NO2. The maximum atomic E-state index is 10.2. The van der Waals surface area contributed by atoms with Crippen molar-refractivity contribution < 1.29 is 9.84 Å². The third-order valence-corrected chi connectivity index (χ3v) is 3.37. The molecule has 0 spiro atoms. The second-order valence-corrected chi connectivity index (χ2v) is 4.91. The lowest BCUT2D eigenvalue weighted by Gasteiger charge is -2.11. The number of aliphatic hydroxyl groups excluding tert-OH is 1. The van der Waals surface area contributed by atoms with Gasteiger partial charge in [0.15, 0.2) is 0 Å². The SMILES string of the molecule is CCc1ccc(CC(O)c2ccc(COC)cc2)nc1. The van der Waals surface area contributed by atoms with E-state index in [1.807, 2.05) is 36.5 Å². The van der Waals surface area contributed by atoms with Crippen molar-refractivity contribution in [3.05, 3.63) is 65.0 Å². The quantitative estimate of drug-likeness (QED) is 0.878. The minimum absolute atomic E-state index is 0.522. The number of aliphatic hydroxyl groups is 1. The van der Waals surface area contributed by atoms with Crippen molar-refractivity contribution in [3.8, 4) is 0 Å². The molecule has 1 unspecified atom stereocenters. The first-order chi connectivity index (χ1) is 9.72. The van der Waals surface area contributed by atoms with Gasteiger partial charge in [-0.2, -0.15) is 0 Å². The van der Waals surface area contributed by atoms with E-state index in [1.165, 1.54) is 5.56 Å². The average molecular weight is 271 g/mol. The summed E-state index contributed by atoms with van der Waals surface area (Å²) >= 11 is 0. The van der Waals surface area contributed by atoms with Crippen LogP contribution in [0.25, 0.3) is 0 Å². The number of nitrogens with zero attached hydrogens (tertiary/aromatic N) is 1. The van der Waals surface area contributed by atoms with E-state index in [-0.39, 0.29) is 0 Å². The van der Waals surface area contributed by atoms with Gasteiger partial charge in [0, 0.05) is 25.4 Å². The molecular weight excluding hydrogens is 250 g/mol. The van der Waals surface area contributed by atoms with Crippen molar-refractivity contribution in [2.75, 3.05) is 7.11 Å². The van der Waals surface area contributed by atoms with E-state index >= 15 is 0 Å². The van der Waals surface area contributed by atoms with Gasteiger partial charge in [0.1, 0.15) is 0 Å². The van der Waals surface area contributed by atoms with Crippen LogP contribution in [-0.4, -0.2) is 17.2 Å². The van der Waals surface area contributed by atoms with Crippen molar-refractivity contribution in [3.63, 3.8) is 0 Å². The monoisotopic (exact) mass is 271 g/mol. The molecule has 3 nitrogen and oxygen atoms in total. The molecule has 3 heteroatoms. The normalized spacial score (nSPS) is 12.3. The summed E-state index contributed by atoms with van der Waals surface area (Å²) in [5, 5.41) is 10.2. The Morgan fingerprint density at radius 3 is 2.35 bits per heavy atom. The summed E-state index contributed by atoms with van der Waals surface area (Å²) in [6, 6.07) is 11.9. The van der Waals surface area contributed by atoms with E-state index in [2.05, 4.69) is 18.0 Å². The highest BCUT2D eigenvalue weighted by Crippen LogP contribution is 2.18. The van der Waals surface area contributed by atoms with Crippen LogP contribution >= 0.6 is 0 Å². The molecule has 106 valence electrons. The van der Waals surface area contributed by atoms with Gasteiger partial charge >= 0.3 is 0 Å². The Bertz CT molecular complexity index is 520. The van der Waals surface area contributed by atoms with Gasteiger partial charge in [-0.05, 0) is 29.2 Å². The predicted octanol–water partition coefficient (Wildman–Crippen LogP) is 3.07. The summed E-state index contributed by atoms with van der Waals surface area (Å²) in [6.45, 7) is 2.70. The molecule has 0 saturated heterocycles. The lowest BCUT2D eigenvalue weighted by Crippen LogP contribution is -2.04. The molecule has 0 aliphatic rings. The molecule has 1 aromatic carbocycles. The second-order valence-electron chi connectivity index (χ2n) is 4.91. The van der Waals surface area contributed by atoms with Crippen LogP contribution in [0.2, 0.25) is 0 Å². The average Bonchev–Trinajstić information content (AvgIpc) is 2.49. The number of ether oxygens (including phenoxy) is 1. The first kappa shape index (κ1) is 14.7.